The normalized spacial score (nSPS) is 10.2. The third-order valence-electron chi connectivity index (χ3n) is 1.51. The molecule has 0 spiro atoms. The zero-order valence-corrected chi connectivity index (χ0v) is 7.13. The molecule has 0 saturated heterocycles. The van der Waals surface area contributed by atoms with Crippen molar-refractivity contribution < 1.29 is 4.79 Å². The van der Waals surface area contributed by atoms with Crippen molar-refractivity contribution in [2.24, 2.45) is 0 Å². The molecular formula is C6H14ClNO. The minimum absolute atomic E-state index is 0. The number of hydrogen-bond donors (Lipinski definition) is 1. The van der Waals surface area contributed by atoms with Crippen molar-refractivity contribution >= 4 is 18.2 Å². The van der Waals surface area contributed by atoms with Crippen molar-refractivity contribution in [1.29, 1.82) is 0 Å². The summed E-state index contributed by atoms with van der Waals surface area (Å²) in [5, 5.41) is 2.89. The number of carbonyl (C=O) groups is 1. The van der Waals surface area contributed by atoms with Crippen molar-refractivity contribution in [3.8, 4) is 0 Å². The quantitative estimate of drug-likeness (QED) is 0.638. The fourth-order valence-electron chi connectivity index (χ4n) is 0.176. The van der Waals surface area contributed by atoms with Crippen LogP contribution in [-0.2, 0) is 4.79 Å². The summed E-state index contributed by atoms with van der Waals surface area (Å²) in [6.07, 6.45) is 0. The first-order valence-corrected chi connectivity index (χ1v) is 2.70. The van der Waals surface area contributed by atoms with Gasteiger partial charge < -0.3 is 5.32 Å². The van der Waals surface area contributed by atoms with E-state index in [1.54, 1.807) is 14.0 Å². The lowest BCUT2D eigenvalue weighted by molar-refractivity contribution is -0.121. The predicted octanol–water partition coefficient (Wildman–Crippen LogP) is 0.995. The standard InChI is InChI=1S/C6H13NO.ClH/c1-5(8)6(2,3)7-4;/h7H,1-4H3;1H. The Balaban J connectivity index is 0. The van der Waals surface area contributed by atoms with Crippen molar-refractivity contribution in [2.45, 2.75) is 26.3 Å². The number of likely N-dealkylation sites (N-methyl/N-ethyl adjacent to an activating group) is 1. The molecule has 0 atom stereocenters. The fourth-order valence-corrected chi connectivity index (χ4v) is 0.176. The van der Waals surface area contributed by atoms with E-state index in [0.29, 0.717) is 0 Å². The molecule has 0 heterocycles. The zero-order valence-electron chi connectivity index (χ0n) is 6.32. The van der Waals surface area contributed by atoms with Crippen LogP contribution in [0.5, 0.6) is 0 Å². The molecule has 0 aliphatic rings. The molecule has 3 heteroatoms. The number of carbonyl (C=O) groups excluding carboxylic acids is 1. The second-order valence-electron chi connectivity index (χ2n) is 2.43. The Morgan fingerprint density at radius 1 is 1.44 bits per heavy atom. The minimum atomic E-state index is -0.347. The largest absolute Gasteiger partial charge is 0.308 e. The van der Waals surface area contributed by atoms with Gasteiger partial charge in [-0.1, -0.05) is 0 Å². The van der Waals surface area contributed by atoms with Crippen LogP contribution in [-0.4, -0.2) is 18.4 Å². The van der Waals surface area contributed by atoms with E-state index in [1.807, 2.05) is 13.8 Å². The van der Waals surface area contributed by atoms with E-state index >= 15 is 0 Å². The molecule has 0 aliphatic carbocycles. The third-order valence-corrected chi connectivity index (χ3v) is 1.51. The number of rotatable bonds is 2. The Morgan fingerprint density at radius 2 is 1.78 bits per heavy atom. The van der Waals surface area contributed by atoms with E-state index in [2.05, 4.69) is 5.32 Å². The molecule has 0 amide bonds. The molecule has 0 aromatic carbocycles. The van der Waals surface area contributed by atoms with E-state index in [9.17, 15) is 4.79 Å². The van der Waals surface area contributed by atoms with Crippen LogP contribution in [0.1, 0.15) is 20.8 Å². The maximum atomic E-state index is 10.6. The van der Waals surface area contributed by atoms with Gasteiger partial charge in [-0.05, 0) is 27.8 Å². The van der Waals surface area contributed by atoms with Gasteiger partial charge in [0, 0.05) is 0 Å². The van der Waals surface area contributed by atoms with Crippen LogP contribution in [0.4, 0.5) is 0 Å². The molecule has 0 fully saturated rings. The van der Waals surface area contributed by atoms with Crippen LogP contribution in [0.2, 0.25) is 0 Å². The Kier molecular flexibility index (Phi) is 5.00. The molecule has 0 aromatic rings. The summed E-state index contributed by atoms with van der Waals surface area (Å²) < 4.78 is 0. The molecule has 0 saturated carbocycles. The number of hydrogen-bond acceptors (Lipinski definition) is 2. The van der Waals surface area contributed by atoms with Gasteiger partial charge >= 0.3 is 0 Å². The van der Waals surface area contributed by atoms with E-state index in [4.69, 9.17) is 0 Å². The molecule has 1 N–H and O–H groups in total. The highest BCUT2D eigenvalue weighted by Gasteiger charge is 2.19. The van der Waals surface area contributed by atoms with Crippen molar-refractivity contribution in [2.75, 3.05) is 7.05 Å². The van der Waals surface area contributed by atoms with E-state index < -0.39 is 0 Å². The van der Waals surface area contributed by atoms with Gasteiger partial charge in [0.25, 0.3) is 0 Å². The lowest BCUT2D eigenvalue weighted by Gasteiger charge is -2.19. The summed E-state index contributed by atoms with van der Waals surface area (Å²) in [6.45, 7) is 5.29. The molecule has 0 aromatic heterocycles. The monoisotopic (exact) mass is 151 g/mol. The zero-order chi connectivity index (χ0) is 6.78. The maximum absolute atomic E-state index is 10.6. The van der Waals surface area contributed by atoms with Crippen molar-refractivity contribution in [3.05, 3.63) is 0 Å². The molecule has 0 unspecified atom stereocenters. The molecule has 2 nitrogen and oxygen atoms in total. The number of Topliss-reactive ketones (excluding diaryl/α,β-unsaturated/α-hetero) is 1. The van der Waals surface area contributed by atoms with Crippen LogP contribution in [0.25, 0.3) is 0 Å². The van der Waals surface area contributed by atoms with Gasteiger partial charge in [-0.15, -0.1) is 12.4 Å². The van der Waals surface area contributed by atoms with Gasteiger partial charge in [-0.25, -0.2) is 0 Å². The molecule has 0 rings (SSSR count). The minimum Gasteiger partial charge on any atom is -0.308 e. The molecule has 0 bridgehead atoms. The summed E-state index contributed by atoms with van der Waals surface area (Å²) in [4.78, 5) is 10.6. The van der Waals surface area contributed by atoms with Gasteiger partial charge in [0.1, 0.15) is 5.78 Å². The number of ketones is 1. The van der Waals surface area contributed by atoms with Crippen LogP contribution in [0.3, 0.4) is 0 Å². The molecule has 0 aliphatic heterocycles. The highest BCUT2D eigenvalue weighted by Crippen LogP contribution is 1.99. The Labute approximate surface area is 62.4 Å². The summed E-state index contributed by atoms with van der Waals surface area (Å²) in [5.74, 6) is 0.167. The van der Waals surface area contributed by atoms with E-state index in [1.165, 1.54) is 0 Å². The lowest BCUT2D eigenvalue weighted by atomic mass is 10.0. The van der Waals surface area contributed by atoms with Crippen LogP contribution in [0, 0.1) is 0 Å². The van der Waals surface area contributed by atoms with E-state index in [-0.39, 0.29) is 23.7 Å². The van der Waals surface area contributed by atoms with Gasteiger partial charge in [0.15, 0.2) is 0 Å². The van der Waals surface area contributed by atoms with E-state index in [0.717, 1.165) is 0 Å². The molecule has 9 heavy (non-hydrogen) atoms. The topological polar surface area (TPSA) is 29.1 Å². The SMILES string of the molecule is CNC(C)(C)C(C)=O.Cl. The third kappa shape index (κ3) is 3.49. The van der Waals surface area contributed by atoms with Crippen LogP contribution >= 0.6 is 12.4 Å². The summed E-state index contributed by atoms with van der Waals surface area (Å²) in [5.41, 5.74) is -0.347. The fraction of sp³-hybridized carbons (Fsp3) is 0.833. The average Bonchev–Trinajstić information content (AvgIpc) is 1.67. The lowest BCUT2D eigenvalue weighted by Crippen LogP contribution is -2.42. The van der Waals surface area contributed by atoms with Gasteiger partial charge in [0.2, 0.25) is 0 Å². The Morgan fingerprint density at radius 3 is 1.78 bits per heavy atom. The average molecular weight is 152 g/mol. The number of halogens is 1. The highest BCUT2D eigenvalue weighted by atomic mass is 35.5. The van der Waals surface area contributed by atoms with Gasteiger partial charge in [-0.3, -0.25) is 4.79 Å². The summed E-state index contributed by atoms with van der Waals surface area (Å²) in [6, 6.07) is 0. The first-order valence-electron chi connectivity index (χ1n) is 2.70. The first kappa shape index (κ1) is 11.7. The summed E-state index contributed by atoms with van der Waals surface area (Å²) >= 11 is 0. The summed E-state index contributed by atoms with van der Waals surface area (Å²) in [7, 11) is 1.78. The second kappa shape index (κ2) is 3.85. The Hall–Kier alpha value is -0.0800. The molecule has 0 radical (unpaired) electrons. The van der Waals surface area contributed by atoms with Gasteiger partial charge in [0.05, 0.1) is 5.54 Å². The van der Waals surface area contributed by atoms with Crippen LogP contribution in [0.15, 0.2) is 0 Å². The number of nitrogens with one attached hydrogen (secondary N) is 1. The Bertz CT molecular complexity index is 101. The second-order valence-corrected chi connectivity index (χ2v) is 2.43. The van der Waals surface area contributed by atoms with Gasteiger partial charge in [-0.2, -0.15) is 0 Å². The molecular weight excluding hydrogens is 138 g/mol. The van der Waals surface area contributed by atoms with Crippen LogP contribution < -0.4 is 5.32 Å². The van der Waals surface area contributed by atoms with Crippen molar-refractivity contribution in [1.82, 2.24) is 5.32 Å². The predicted molar refractivity (Wildman–Crippen MR) is 41.1 cm³/mol. The highest BCUT2D eigenvalue weighted by molar-refractivity contribution is 5.85. The maximum Gasteiger partial charge on any atom is 0.149 e. The molecule has 56 valence electrons. The van der Waals surface area contributed by atoms with Crippen molar-refractivity contribution in [3.63, 3.8) is 0 Å². The first-order chi connectivity index (χ1) is 3.50. The smallest absolute Gasteiger partial charge is 0.149 e.